The average Bonchev–Trinajstić information content (AvgIpc) is 3.26. The molecule has 1 aromatic rings. The smallest absolute Gasteiger partial charge is 0.346 e. The summed E-state index contributed by atoms with van der Waals surface area (Å²) in [7, 11) is 0. The molecule has 4 unspecified atom stereocenters. The van der Waals surface area contributed by atoms with Crippen LogP contribution in [0, 0.1) is 17.8 Å². The number of allylic oxidation sites excluding steroid dienone is 1. The largest absolute Gasteiger partial charge is 0.458 e. The molecule has 0 aliphatic carbocycles. The van der Waals surface area contributed by atoms with Gasteiger partial charge in [0.05, 0.1) is 0 Å². The molecule has 2 aliphatic heterocycles. The maximum absolute atomic E-state index is 14.3. The second-order valence-electron chi connectivity index (χ2n) is 17.0. The van der Waals surface area contributed by atoms with Crippen LogP contribution >= 0.6 is 0 Å². The Morgan fingerprint density at radius 3 is 2.13 bits per heavy atom. The first kappa shape index (κ1) is 44.8. The van der Waals surface area contributed by atoms with E-state index in [-0.39, 0.29) is 24.7 Å². The lowest BCUT2D eigenvalue weighted by molar-refractivity contribution is -0.356. The Balaban J connectivity index is 2.08. The van der Waals surface area contributed by atoms with Gasteiger partial charge in [0, 0.05) is 25.3 Å². The van der Waals surface area contributed by atoms with Gasteiger partial charge in [-0.15, -0.1) is 0 Å². The van der Waals surface area contributed by atoms with E-state index in [4.69, 9.17) is 28.4 Å². The molecule has 54 heavy (non-hydrogen) atoms. The third kappa shape index (κ3) is 11.2. The van der Waals surface area contributed by atoms with Crippen molar-refractivity contribution < 1.29 is 57.8 Å². The van der Waals surface area contributed by atoms with E-state index in [0.717, 1.165) is 18.4 Å². The summed E-state index contributed by atoms with van der Waals surface area (Å²) < 4.78 is 35.4. The van der Waals surface area contributed by atoms with Crippen molar-refractivity contribution in [1.29, 1.82) is 0 Å². The van der Waals surface area contributed by atoms with Gasteiger partial charge in [-0.05, 0) is 83.8 Å². The number of hydrogen-bond donors (Lipinski definition) is 2. The van der Waals surface area contributed by atoms with Crippen molar-refractivity contribution in [2.24, 2.45) is 17.8 Å². The Bertz CT molecular complexity index is 1510. The average molecular weight is 759 g/mol. The minimum Gasteiger partial charge on any atom is -0.458 e. The maximum atomic E-state index is 14.3. The lowest BCUT2D eigenvalue weighted by Gasteiger charge is -2.46. The highest BCUT2D eigenvalue weighted by atomic mass is 16.8. The summed E-state index contributed by atoms with van der Waals surface area (Å²) in [5.41, 5.74) is -3.35. The van der Waals surface area contributed by atoms with Crippen LogP contribution in [0.1, 0.15) is 107 Å². The summed E-state index contributed by atoms with van der Waals surface area (Å²) in [6, 6.07) is 9.65. The lowest BCUT2D eigenvalue weighted by atomic mass is 9.85. The molecule has 2 aliphatic rings. The zero-order valence-corrected chi connectivity index (χ0v) is 33.9. The number of benzene rings is 1. The molecule has 10 atom stereocenters. The molecule has 2 heterocycles. The first-order chi connectivity index (χ1) is 24.9. The summed E-state index contributed by atoms with van der Waals surface area (Å²) in [6.07, 6.45) is -3.71. The first-order valence-electron chi connectivity index (χ1n) is 18.9. The molecule has 2 fully saturated rings. The van der Waals surface area contributed by atoms with Crippen molar-refractivity contribution in [3.8, 4) is 0 Å². The standard InChI is InChI=1S/C42H62O12/c1-13-25(2)23-26(3)19-20-31(44)50-36-35(46)41(22-21-27(4)32(49-29(6)43)28(5)24-30-17-15-14-16-18-30)51-33(37(47)52-39(7,8)9)34(45)42(36,54-41)38(48)53-40(10,11)12/h14-20,25-26,28,32-36,45-46H,4,13,21-24H2,1-3,5-12H3/b20-19+/t25?,26?,28?,32?,33-,34+,35-,36-,41+,42+/m1/s1. The number of carbonyl (C=O) groups excluding carboxylic acids is 4. The van der Waals surface area contributed by atoms with Crippen LogP contribution in [0.5, 0.6) is 0 Å². The molecule has 2 bridgehead atoms. The Hall–Kier alpha value is -3.58. The zero-order chi connectivity index (χ0) is 40.8. The number of carbonyl (C=O) groups is 4. The molecular weight excluding hydrogens is 696 g/mol. The fraction of sp³-hybridized carbons (Fsp3) is 0.667. The molecule has 2 saturated heterocycles. The van der Waals surface area contributed by atoms with Crippen LogP contribution in [-0.4, -0.2) is 87.2 Å². The van der Waals surface area contributed by atoms with Crippen molar-refractivity contribution in [3.05, 3.63) is 60.2 Å². The van der Waals surface area contributed by atoms with E-state index < -0.39 is 77.0 Å². The van der Waals surface area contributed by atoms with Crippen LogP contribution in [0.4, 0.5) is 0 Å². The number of aliphatic hydroxyl groups excluding tert-OH is 2. The van der Waals surface area contributed by atoms with E-state index in [1.165, 1.54) is 13.0 Å². The predicted molar refractivity (Wildman–Crippen MR) is 201 cm³/mol. The van der Waals surface area contributed by atoms with Gasteiger partial charge in [0.2, 0.25) is 11.4 Å². The van der Waals surface area contributed by atoms with Crippen molar-refractivity contribution in [1.82, 2.24) is 0 Å². The second-order valence-corrected chi connectivity index (χ2v) is 17.0. The minimum absolute atomic E-state index is 0.00794. The van der Waals surface area contributed by atoms with Crippen molar-refractivity contribution in [2.75, 3.05) is 0 Å². The molecule has 0 amide bonds. The van der Waals surface area contributed by atoms with Gasteiger partial charge in [0.15, 0.2) is 12.2 Å². The molecule has 0 aromatic heterocycles. The summed E-state index contributed by atoms with van der Waals surface area (Å²) in [6.45, 7) is 23.2. The highest BCUT2D eigenvalue weighted by Gasteiger charge is 2.78. The van der Waals surface area contributed by atoms with Crippen LogP contribution in [0.2, 0.25) is 0 Å². The lowest BCUT2D eigenvalue weighted by Crippen LogP contribution is -2.68. The number of hydrogen-bond acceptors (Lipinski definition) is 12. The van der Waals surface area contributed by atoms with Gasteiger partial charge in [-0.1, -0.05) is 77.1 Å². The van der Waals surface area contributed by atoms with Crippen LogP contribution < -0.4 is 0 Å². The van der Waals surface area contributed by atoms with E-state index >= 15 is 0 Å². The number of ether oxygens (including phenoxy) is 6. The van der Waals surface area contributed by atoms with Gasteiger partial charge in [-0.3, -0.25) is 4.79 Å². The van der Waals surface area contributed by atoms with Gasteiger partial charge in [-0.25, -0.2) is 14.4 Å². The van der Waals surface area contributed by atoms with Crippen LogP contribution in [-0.2, 0) is 54.0 Å². The first-order valence-corrected chi connectivity index (χ1v) is 18.9. The fourth-order valence-corrected chi connectivity index (χ4v) is 6.92. The van der Waals surface area contributed by atoms with Gasteiger partial charge in [0.1, 0.15) is 29.5 Å². The summed E-state index contributed by atoms with van der Waals surface area (Å²) in [5.74, 6) is -5.71. The van der Waals surface area contributed by atoms with Crippen LogP contribution in [0.15, 0.2) is 54.6 Å². The number of fused-ring (bicyclic) bond motifs is 2. The molecule has 12 nitrogen and oxygen atoms in total. The predicted octanol–water partition coefficient (Wildman–Crippen LogP) is 5.94. The van der Waals surface area contributed by atoms with Crippen molar-refractivity contribution in [3.63, 3.8) is 0 Å². The number of rotatable bonds is 16. The minimum atomic E-state index is -2.63. The Morgan fingerprint density at radius 1 is 0.963 bits per heavy atom. The highest BCUT2D eigenvalue weighted by Crippen LogP contribution is 2.52. The molecule has 0 radical (unpaired) electrons. The number of esters is 4. The molecule has 0 saturated carbocycles. The summed E-state index contributed by atoms with van der Waals surface area (Å²) in [5, 5.41) is 24.0. The molecule has 0 spiro atoms. The van der Waals surface area contributed by atoms with Crippen molar-refractivity contribution in [2.45, 2.75) is 161 Å². The topological polar surface area (TPSA) is 164 Å². The molecular formula is C42H62O12. The Morgan fingerprint density at radius 2 is 1.57 bits per heavy atom. The van der Waals surface area contributed by atoms with E-state index in [9.17, 15) is 29.4 Å². The van der Waals surface area contributed by atoms with Gasteiger partial charge in [0.25, 0.3) is 0 Å². The molecule has 302 valence electrons. The SMILES string of the molecule is C=C(CC[C@]12O[C@@H](C(=O)OC(C)(C)C)[C@H](O)[C@](C(=O)OC(C)(C)C)(O1)[C@H](OC(=O)/C=C/C(C)CC(C)CC)[C@H]2O)C(OC(C)=O)C(C)Cc1ccccc1. The van der Waals surface area contributed by atoms with E-state index in [2.05, 4.69) is 20.4 Å². The van der Waals surface area contributed by atoms with E-state index in [1.54, 1.807) is 47.6 Å². The van der Waals surface area contributed by atoms with Crippen molar-refractivity contribution >= 4 is 23.9 Å². The van der Waals surface area contributed by atoms with Gasteiger partial charge < -0.3 is 38.6 Å². The third-order valence-corrected chi connectivity index (χ3v) is 9.59. The maximum Gasteiger partial charge on any atom is 0.346 e. The summed E-state index contributed by atoms with van der Waals surface area (Å²) >= 11 is 0. The quantitative estimate of drug-likeness (QED) is 0.0884. The van der Waals surface area contributed by atoms with Crippen LogP contribution in [0.3, 0.4) is 0 Å². The Labute approximate surface area is 320 Å². The fourth-order valence-electron chi connectivity index (χ4n) is 6.92. The zero-order valence-electron chi connectivity index (χ0n) is 33.9. The Kier molecular flexibility index (Phi) is 14.9. The van der Waals surface area contributed by atoms with E-state index in [1.807, 2.05) is 44.2 Å². The van der Waals surface area contributed by atoms with E-state index in [0.29, 0.717) is 17.9 Å². The van der Waals surface area contributed by atoms with Gasteiger partial charge in [-0.2, -0.15) is 0 Å². The molecule has 3 rings (SSSR count). The van der Waals surface area contributed by atoms with Gasteiger partial charge >= 0.3 is 23.9 Å². The molecule has 12 heteroatoms. The monoisotopic (exact) mass is 758 g/mol. The second kappa shape index (κ2) is 17.9. The molecule has 2 N–H and O–H groups in total. The number of aliphatic hydroxyl groups is 2. The van der Waals surface area contributed by atoms with Crippen LogP contribution in [0.25, 0.3) is 0 Å². The third-order valence-electron chi connectivity index (χ3n) is 9.59. The summed E-state index contributed by atoms with van der Waals surface area (Å²) in [4.78, 5) is 53.7. The molecule has 1 aromatic carbocycles. The highest BCUT2D eigenvalue weighted by molar-refractivity contribution is 5.88. The normalized spacial score (nSPS) is 27.7.